The van der Waals surface area contributed by atoms with Crippen molar-refractivity contribution in [2.75, 3.05) is 52.5 Å². The van der Waals surface area contributed by atoms with Crippen LogP contribution in [0.3, 0.4) is 0 Å². The van der Waals surface area contributed by atoms with E-state index in [4.69, 9.17) is 21.1 Å². The van der Waals surface area contributed by atoms with Gasteiger partial charge in [0.1, 0.15) is 30.4 Å². The Balaban J connectivity index is 1.30. The predicted octanol–water partition coefficient (Wildman–Crippen LogP) is 4.48. The average Bonchev–Trinajstić information content (AvgIpc) is 3.51. The van der Waals surface area contributed by atoms with Crippen LogP contribution in [0.25, 0.3) is 22.6 Å². The van der Waals surface area contributed by atoms with Crippen molar-refractivity contribution in [1.29, 1.82) is 0 Å². The van der Waals surface area contributed by atoms with E-state index < -0.39 is 12.5 Å². The van der Waals surface area contributed by atoms with E-state index in [1.807, 2.05) is 68.8 Å². The van der Waals surface area contributed by atoms with E-state index in [-0.39, 0.29) is 13.2 Å². The first-order valence-corrected chi connectivity index (χ1v) is 14.0. The lowest BCUT2D eigenvalue weighted by Crippen LogP contribution is -2.35. The number of anilines is 1. The molecule has 0 fully saturated rings. The summed E-state index contributed by atoms with van der Waals surface area (Å²) in [5.74, 6) is 7.40. The third-order valence-corrected chi connectivity index (χ3v) is 6.54. The van der Waals surface area contributed by atoms with Crippen LogP contribution in [0.1, 0.15) is 5.56 Å². The number of amides is 1. The number of carbonyl (C=O) groups is 1. The predicted molar refractivity (Wildman–Crippen MR) is 167 cm³/mol. The first kappa shape index (κ1) is 33.6. The molecular formula is C31H35F3N8O4. The van der Waals surface area contributed by atoms with E-state index in [2.05, 4.69) is 19.9 Å². The van der Waals surface area contributed by atoms with Crippen LogP contribution >= 0.6 is 0 Å². The summed E-state index contributed by atoms with van der Waals surface area (Å²) in [4.78, 5) is 14.2. The van der Waals surface area contributed by atoms with Crippen molar-refractivity contribution in [2.45, 2.75) is 6.36 Å². The smallest absolute Gasteiger partial charge is 0.492 e. The molecule has 0 bridgehead atoms. The Labute approximate surface area is 264 Å². The number of ether oxygens (including phenoxy) is 3. The number of hydrazine groups is 1. The van der Waals surface area contributed by atoms with E-state index in [0.29, 0.717) is 29.4 Å². The van der Waals surface area contributed by atoms with Crippen LogP contribution in [-0.2, 0) is 4.74 Å². The zero-order valence-electron chi connectivity index (χ0n) is 25.5. The van der Waals surface area contributed by atoms with E-state index in [9.17, 15) is 18.0 Å². The third kappa shape index (κ3) is 9.87. The molecule has 0 unspecified atom stereocenters. The van der Waals surface area contributed by atoms with Gasteiger partial charge >= 0.3 is 12.5 Å². The number of alkyl halides is 3. The second-order valence-corrected chi connectivity index (χ2v) is 10.3. The van der Waals surface area contributed by atoms with Crippen LogP contribution < -0.4 is 26.1 Å². The number of nitrogens with zero attached hydrogens (tertiary/aromatic N) is 6. The molecule has 0 saturated carbocycles. The summed E-state index contributed by atoms with van der Waals surface area (Å²) in [6, 6.07) is 21.7. The Hall–Kier alpha value is -5.28. The molecule has 1 heterocycles. The van der Waals surface area contributed by atoms with Gasteiger partial charge in [0.05, 0.1) is 29.8 Å². The lowest BCUT2D eigenvalue weighted by atomic mass is 10.1. The number of likely N-dealkylation sites (N-methyl/N-ethyl adjacent to an activating group) is 2. The zero-order valence-corrected chi connectivity index (χ0v) is 25.5. The van der Waals surface area contributed by atoms with E-state index in [1.54, 1.807) is 35.1 Å². The summed E-state index contributed by atoms with van der Waals surface area (Å²) in [7, 11) is 5.17. The van der Waals surface area contributed by atoms with Gasteiger partial charge in [-0.3, -0.25) is 5.01 Å². The normalized spacial score (nSPS) is 11.8. The molecule has 244 valence electrons. The SMILES string of the molecule is CN(C)CCOc1ccc(-n2cc(-c3ccc(/C(N)=C/N(N)c4ccc(OCCN(C)C(=O)OC(F)(F)F)cc4)cc3)nn2)cc1. The van der Waals surface area contributed by atoms with Gasteiger partial charge in [-0.1, -0.05) is 29.5 Å². The third-order valence-electron chi connectivity index (χ3n) is 6.54. The van der Waals surface area contributed by atoms with Crippen LogP contribution in [0.2, 0.25) is 0 Å². The van der Waals surface area contributed by atoms with Crippen LogP contribution in [0.5, 0.6) is 11.5 Å². The topological polar surface area (TPSA) is 137 Å². The maximum absolute atomic E-state index is 12.2. The Bertz CT molecular complexity index is 1590. The molecule has 1 amide bonds. The highest BCUT2D eigenvalue weighted by atomic mass is 19.4. The summed E-state index contributed by atoms with van der Waals surface area (Å²) in [5, 5.41) is 9.89. The molecule has 12 nitrogen and oxygen atoms in total. The molecule has 0 atom stereocenters. The Morgan fingerprint density at radius 2 is 1.48 bits per heavy atom. The molecule has 0 aliphatic carbocycles. The maximum Gasteiger partial charge on any atom is 0.576 e. The highest BCUT2D eigenvalue weighted by Crippen LogP contribution is 2.23. The number of halogens is 3. The summed E-state index contributed by atoms with van der Waals surface area (Å²) < 4.78 is 52.8. The summed E-state index contributed by atoms with van der Waals surface area (Å²) in [6.45, 7) is 1.27. The summed E-state index contributed by atoms with van der Waals surface area (Å²) in [5.41, 5.74) is 10.5. The number of carbonyl (C=O) groups excluding carboxylic acids is 1. The minimum atomic E-state index is -5.04. The van der Waals surface area contributed by atoms with Gasteiger partial charge < -0.3 is 29.7 Å². The molecule has 0 spiro atoms. The summed E-state index contributed by atoms with van der Waals surface area (Å²) >= 11 is 0. The highest BCUT2D eigenvalue weighted by molar-refractivity contribution is 5.69. The van der Waals surface area contributed by atoms with Gasteiger partial charge in [0.2, 0.25) is 0 Å². The second-order valence-electron chi connectivity index (χ2n) is 10.3. The average molecular weight is 641 g/mol. The molecule has 46 heavy (non-hydrogen) atoms. The van der Waals surface area contributed by atoms with Crippen molar-refractivity contribution in [1.82, 2.24) is 24.8 Å². The van der Waals surface area contributed by atoms with E-state index in [1.165, 1.54) is 12.1 Å². The number of nitrogens with two attached hydrogens (primary N) is 2. The molecular weight excluding hydrogens is 605 g/mol. The lowest BCUT2D eigenvalue weighted by Gasteiger charge is -2.18. The molecule has 4 aromatic rings. The van der Waals surface area contributed by atoms with Crippen molar-refractivity contribution in [3.05, 3.63) is 90.8 Å². The first-order valence-electron chi connectivity index (χ1n) is 14.0. The monoisotopic (exact) mass is 640 g/mol. The fourth-order valence-corrected chi connectivity index (χ4v) is 3.98. The number of hydrogen-bond donors (Lipinski definition) is 2. The van der Waals surface area contributed by atoms with Crippen LogP contribution in [-0.4, -0.2) is 84.7 Å². The quantitative estimate of drug-likeness (QED) is 0.159. The number of rotatable bonds is 13. The zero-order chi connectivity index (χ0) is 33.3. The van der Waals surface area contributed by atoms with Gasteiger partial charge in [-0.05, 0) is 68.2 Å². The van der Waals surface area contributed by atoms with Crippen LogP contribution in [0.4, 0.5) is 23.7 Å². The number of hydrogen-bond acceptors (Lipinski definition) is 10. The minimum absolute atomic E-state index is 0.0473. The largest absolute Gasteiger partial charge is 0.576 e. The fraction of sp³-hybridized carbons (Fsp3) is 0.258. The maximum atomic E-state index is 12.2. The number of benzene rings is 3. The molecule has 0 aliphatic rings. The van der Waals surface area contributed by atoms with Crippen molar-refractivity contribution < 1.29 is 32.2 Å². The summed E-state index contributed by atoms with van der Waals surface area (Å²) in [6.07, 6.45) is -3.16. The van der Waals surface area contributed by atoms with Gasteiger partial charge in [-0.25, -0.2) is 15.3 Å². The van der Waals surface area contributed by atoms with Crippen molar-refractivity contribution >= 4 is 17.5 Å². The van der Waals surface area contributed by atoms with Crippen LogP contribution in [0.15, 0.2) is 85.2 Å². The van der Waals surface area contributed by atoms with Gasteiger partial charge in [0, 0.05) is 25.4 Å². The Kier molecular flexibility index (Phi) is 11.1. The van der Waals surface area contributed by atoms with E-state index >= 15 is 0 Å². The van der Waals surface area contributed by atoms with Gasteiger partial charge in [0.15, 0.2) is 0 Å². The van der Waals surface area contributed by atoms with Gasteiger partial charge in [-0.2, -0.15) is 0 Å². The first-order chi connectivity index (χ1) is 21.9. The standard InChI is InChI=1S/C31H35F3N8O4/c1-39(2)16-18-44-27-14-10-25(11-15-27)42-21-29(37-38-42)23-6-4-22(5-7-23)28(35)20-41(36)24-8-12-26(13-9-24)45-19-17-40(3)30(43)46-31(32,33)34/h4-15,20-21H,16-19,35-36H2,1-3H3/b28-20-. The fourth-order valence-electron chi connectivity index (χ4n) is 3.98. The van der Waals surface area contributed by atoms with Crippen molar-refractivity contribution in [2.24, 2.45) is 11.6 Å². The molecule has 1 aromatic heterocycles. The Morgan fingerprint density at radius 3 is 2.07 bits per heavy atom. The Morgan fingerprint density at radius 1 is 0.891 bits per heavy atom. The molecule has 3 aromatic carbocycles. The second kappa shape index (κ2) is 15.1. The molecule has 15 heteroatoms. The van der Waals surface area contributed by atoms with Gasteiger partial charge in [0.25, 0.3) is 0 Å². The molecule has 0 aliphatic heterocycles. The highest BCUT2D eigenvalue weighted by Gasteiger charge is 2.35. The molecule has 0 radical (unpaired) electrons. The molecule has 4 rings (SSSR count). The lowest BCUT2D eigenvalue weighted by molar-refractivity contribution is -0.294. The van der Waals surface area contributed by atoms with Crippen LogP contribution in [0, 0.1) is 0 Å². The minimum Gasteiger partial charge on any atom is -0.492 e. The number of aromatic nitrogens is 3. The van der Waals surface area contributed by atoms with E-state index in [0.717, 1.165) is 34.0 Å². The molecule has 0 saturated heterocycles. The van der Waals surface area contributed by atoms with Gasteiger partial charge in [-0.15, -0.1) is 18.3 Å². The van der Waals surface area contributed by atoms with Crippen molar-refractivity contribution in [3.63, 3.8) is 0 Å². The molecule has 4 N–H and O–H groups in total. The van der Waals surface area contributed by atoms with Crippen molar-refractivity contribution in [3.8, 4) is 28.4 Å².